The van der Waals surface area contributed by atoms with Crippen LogP contribution in [-0.4, -0.2) is 39.1 Å². The summed E-state index contributed by atoms with van der Waals surface area (Å²) in [6.07, 6.45) is 1.21. The van der Waals surface area contributed by atoms with Crippen molar-refractivity contribution in [3.05, 3.63) is 70.3 Å². The summed E-state index contributed by atoms with van der Waals surface area (Å²) in [5.74, 6) is 0.468. The van der Waals surface area contributed by atoms with Crippen molar-refractivity contribution in [3.63, 3.8) is 0 Å². The second kappa shape index (κ2) is 10.1. The van der Waals surface area contributed by atoms with E-state index in [4.69, 9.17) is 0 Å². The van der Waals surface area contributed by atoms with E-state index in [0.29, 0.717) is 47.5 Å². The number of hydrogen-bond donors (Lipinski definition) is 2. The highest BCUT2D eigenvalue weighted by Gasteiger charge is 2.16. The molecule has 0 spiro atoms. The van der Waals surface area contributed by atoms with E-state index >= 15 is 0 Å². The summed E-state index contributed by atoms with van der Waals surface area (Å²) in [5, 5.41) is 3.43. The molecule has 1 amide bonds. The van der Waals surface area contributed by atoms with Crippen LogP contribution in [0, 0.1) is 0 Å². The molecule has 0 fully saturated rings. The Morgan fingerprint density at radius 1 is 1.13 bits per heavy atom. The molecule has 0 aliphatic rings. The van der Waals surface area contributed by atoms with E-state index in [1.165, 1.54) is 6.92 Å². The van der Waals surface area contributed by atoms with Crippen molar-refractivity contribution in [3.8, 4) is 0 Å². The maximum Gasteiger partial charge on any atom is 0.258 e. The maximum atomic E-state index is 12.4. The molecular formula is C24H28N4O3. The van der Waals surface area contributed by atoms with Gasteiger partial charge in [0.1, 0.15) is 5.82 Å². The molecule has 0 bridgehead atoms. The van der Waals surface area contributed by atoms with Gasteiger partial charge in [-0.15, -0.1) is 0 Å². The van der Waals surface area contributed by atoms with Crippen LogP contribution < -0.4 is 10.9 Å². The second-order valence-electron chi connectivity index (χ2n) is 7.69. The standard InChI is InChI=1S/C24H28N4O3/c1-4-16(2)28(15-22-26-21-8-6-5-7-20(21)24(31)27-22)14-13-23(30)25-19-11-9-18(10-12-19)17(3)29/h5-12,16H,4,13-15H2,1-3H3,(H,25,30)(H,26,27,31). The van der Waals surface area contributed by atoms with Gasteiger partial charge < -0.3 is 10.3 Å². The molecule has 0 aliphatic carbocycles. The number of aromatic amines is 1. The van der Waals surface area contributed by atoms with E-state index in [2.05, 4.69) is 34.0 Å². The number of carbonyl (C=O) groups excluding carboxylic acids is 2. The van der Waals surface area contributed by atoms with Crippen LogP contribution in [0.2, 0.25) is 0 Å². The van der Waals surface area contributed by atoms with E-state index in [0.717, 1.165) is 6.42 Å². The van der Waals surface area contributed by atoms with Crippen LogP contribution in [0.25, 0.3) is 10.9 Å². The van der Waals surface area contributed by atoms with Crippen LogP contribution in [0.3, 0.4) is 0 Å². The number of carbonyl (C=O) groups is 2. The molecule has 7 nitrogen and oxygen atoms in total. The first-order chi connectivity index (χ1) is 14.9. The number of benzene rings is 2. The molecule has 0 aliphatic heterocycles. The third-order valence-corrected chi connectivity index (χ3v) is 5.43. The van der Waals surface area contributed by atoms with Crippen LogP contribution in [0.1, 0.15) is 49.8 Å². The van der Waals surface area contributed by atoms with Crippen molar-refractivity contribution < 1.29 is 9.59 Å². The van der Waals surface area contributed by atoms with Gasteiger partial charge >= 0.3 is 0 Å². The largest absolute Gasteiger partial charge is 0.326 e. The lowest BCUT2D eigenvalue weighted by Crippen LogP contribution is -2.36. The Hall–Kier alpha value is -3.32. The first-order valence-electron chi connectivity index (χ1n) is 10.5. The number of para-hydroxylation sites is 1. The van der Waals surface area contributed by atoms with Gasteiger partial charge in [-0.25, -0.2) is 4.98 Å². The van der Waals surface area contributed by atoms with Gasteiger partial charge in [-0.05, 0) is 56.7 Å². The van der Waals surface area contributed by atoms with Crippen LogP contribution >= 0.6 is 0 Å². The van der Waals surface area contributed by atoms with Gasteiger partial charge in [0.25, 0.3) is 5.56 Å². The Bertz CT molecular complexity index is 1120. The highest BCUT2D eigenvalue weighted by molar-refractivity contribution is 5.95. The Balaban J connectivity index is 1.65. The molecule has 1 unspecified atom stereocenters. The van der Waals surface area contributed by atoms with Crippen LogP contribution in [-0.2, 0) is 11.3 Å². The second-order valence-corrected chi connectivity index (χ2v) is 7.69. The predicted molar refractivity (Wildman–Crippen MR) is 122 cm³/mol. The molecule has 1 atom stereocenters. The van der Waals surface area contributed by atoms with Crippen molar-refractivity contribution in [2.24, 2.45) is 0 Å². The summed E-state index contributed by atoms with van der Waals surface area (Å²) in [6.45, 7) is 6.68. The third kappa shape index (κ3) is 5.86. The topological polar surface area (TPSA) is 95.2 Å². The van der Waals surface area contributed by atoms with Crippen molar-refractivity contribution in [1.29, 1.82) is 0 Å². The van der Waals surface area contributed by atoms with E-state index < -0.39 is 0 Å². The molecule has 31 heavy (non-hydrogen) atoms. The first kappa shape index (κ1) is 22.4. The molecule has 1 heterocycles. The number of ketones is 1. The number of aromatic nitrogens is 2. The fourth-order valence-corrected chi connectivity index (χ4v) is 3.37. The quantitative estimate of drug-likeness (QED) is 0.514. The predicted octanol–water partition coefficient (Wildman–Crippen LogP) is 3.76. The number of anilines is 1. The average Bonchev–Trinajstić information content (AvgIpc) is 2.76. The molecule has 0 saturated carbocycles. The Labute approximate surface area is 181 Å². The molecule has 3 aromatic rings. The highest BCUT2D eigenvalue weighted by atomic mass is 16.1. The van der Waals surface area contributed by atoms with Gasteiger partial charge in [-0.1, -0.05) is 19.1 Å². The normalized spacial score (nSPS) is 12.1. The van der Waals surface area contributed by atoms with E-state index in [1.807, 2.05) is 18.2 Å². The number of nitrogens with one attached hydrogen (secondary N) is 2. The number of amides is 1. The Morgan fingerprint density at radius 2 is 1.84 bits per heavy atom. The summed E-state index contributed by atoms with van der Waals surface area (Å²) in [6, 6.07) is 14.3. The van der Waals surface area contributed by atoms with Gasteiger partial charge in [0, 0.05) is 30.3 Å². The van der Waals surface area contributed by atoms with Crippen molar-refractivity contribution >= 4 is 28.3 Å². The van der Waals surface area contributed by atoms with Gasteiger partial charge in [-0.3, -0.25) is 19.3 Å². The van der Waals surface area contributed by atoms with Crippen molar-refractivity contribution in [2.45, 2.75) is 46.2 Å². The minimum absolute atomic E-state index is 0.0117. The average molecular weight is 421 g/mol. The molecular weight excluding hydrogens is 392 g/mol. The van der Waals surface area contributed by atoms with Gasteiger partial charge in [0.05, 0.1) is 17.4 Å². The summed E-state index contributed by atoms with van der Waals surface area (Å²) >= 11 is 0. The number of H-pyrrole nitrogens is 1. The lowest BCUT2D eigenvalue weighted by molar-refractivity contribution is -0.116. The summed E-state index contributed by atoms with van der Waals surface area (Å²) < 4.78 is 0. The highest BCUT2D eigenvalue weighted by Crippen LogP contribution is 2.13. The zero-order chi connectivity index (χ0) is 22.4. The number of hydrogen-bond acceptors (Lipinski definition) is 5. The van der Waals surface area contributed by atoms with Gasteiger partial charge in [0.15, 0.2) is 5.78 Å². The van der Waals surface area contributed by atoms with Gasteiger partial charge in [0.2, 0.25) is 5.91 Å². The molecule has 162 valence electrons. The lowest BCUT2D eigenvalue weighted by Gasteiger charge is -2.27. The lowest BCUT2D eigenvalue weighted by atomic mass is 10.1. The van der Waals surface area contributed by atoms with Crippen LogP contribution in [0.5, 0.6) is 0 Å². The number of nitrogens with zero attached hydrogens (tertiary/aromatic N) is 2. The van der Waals surface area contributed by atoms with Crippen molar-refractivity contribution in [2.75, 3.05) is 11.9 Å². The van der Waals surface area contributed by atoms with Gasteiger partial charge in [-0.2, -0.15) is 0 Å². The smallest absolute Gasteiger partial charge is 0.258 e. The molecule has 0 radical (unpaired) electrons. The minimum Gasteiger partial charge on any atom is -0.326 e. The summed E-state index contributed by atoms with van der Waals surface area (Å²) in [5.41, 5.74) is 1.77. The molecule has 2 aromatic carbocycles. The van der Waals surface area contributed by atoms with E-state index in [9.17, 15) is 14.4 Å². The molecule has 0 saturated heterocycles. The Morgan fingerprint density at radius 3 is 2.52 bits per heavy atom. The fraction of sp³-hybridized carbons (Fsp3) is 0.333. The SMILES string of the molecule is CCC(C)N(CCC(=O)Nc1ccc(C(C)=O)cc1)Cc1nc2ccccc2c(=O)[nH]1. The van der Waals surface area contributed by atoms with E-state index in [1.54, 1.807) is 30.3 Å². The first-order valence-corrected chi connectivity index (χ1v) is 10.5. The van der Waals surface area contributed by atoms with Crippen LogP contribution in [0.4, 0.5) is 5.69 Å². The zero-order valence-electron chi connectivity index (χ0n) is 18.1. The monoisotopic (exact) mass is 420 g/mol. The fourth-order valence-electron chi connectivity index (χ4n) is 3.37. The Kier molecular flexibility index (Phi) is 7.31. The van der Waals surface area contributed by atoms with Crippen molar-refractivity contribution in [1.82, 2.24) is 14.9 Å². The molecule has 2 N–H and O–H groups in total. The molecule has 3 rings (SSSR count). The number of fused-ring (bicyclic) bond motifs is 1. The van der Waals surface area contributed by atoms with E-state index in [-0.39, 0.29) is 23.3 Å². The van der Waals surface area contributed by atoms with Crippen LogP contribution in [0.15, 0.2) is 53.3 Å². The third-order valence-electron chi connectivity index (χ3n) is 5.43. The number of rotatable bonds is 9. The molecule has 7 heteroatoms. The minimum atomic E-state index is -0.156. The summed E-state index contributed by atoms with van der Waals surface area (Å²) in [7, 11) is 0. The molecule has 1 aromatic heterocycles. The number of Topliss-reactive ketones (excluding diaryl/α,β-unsaturated/α-hetero) is 1. The zero-order valence-corrected chi connectivity index (χ0v) is 18.1. The maximum absolute atomic E-state index is 12.4. The summed E-state index contributed by atoms with van der Waals surface area (Å²) in [4.78, 5) is 45.8.